The van der Waals surface area contributed by atoms with E-state index in [2.05, 4.69) is 45.7 Å². The molecule has 2 aliphatic rings. The number of hydrogen-bond acceptors (Lipinski definition) is 2. The Morgan fingerprint density at radius 2 is 2.00 bits per heavy atom. The van der Waals surface area contributed by atoms with Gasteiger partial charge in [-0.1, -0.05) is 50.3 Å². The zero-order chi connectivity index (χ0) is 17.8. The maximum Gasteiger partial charge on any atom is 0.222 e. The molecule has 1 atom stereocenters. The lowest BCUT2D eigenvalue weighted by Gasteiger charge is -2.34. The number of aromatic amines is 1. The van der Waals surface area contributed by atoms with Crippen LogP contribution in [-0.2, 0) is 11.2 Å². The summed E-state index contributed by atoms with van der Waals surface area (Å²) in [6.45, 7) is 2.60. The zero-order valence-electron chi connectivity index (χ0n) is 15.7. The van der Waals surface area contributed by atoms with Gasteiger partial charge in [0.2, 0.25) is 5.91 Å². The minimum atomic E-state index is 0.349. The maximum atomic E-state index is 12.7. The smallest absolute Gasteiger partial charge is 0.222 e. The predicted octanol–water partition coefficient (Wildman–Crippen LogP) is 3.87. The van der Waals surface area contributed by atoms with E-state index in [4.69, 9.17) is 0 Å². The van der Waals surface area contributed by atoms with Crippen molar-refractivity contribution in [1.82, 2.24) is 15.2 Å². The third-order valence-electron chi connectivity index (χ3n) is 6.24. The molecule has 1 aliphatic carbocycles. The van der Waals surface area contributed by atoms with Gasteiger partial charge in [-0.3, -0.25) is 4.79 Å². The average molecular weight is 354 g/mol. The molecule has 1 saturated carbocycles. The highest BCUT2D eigenvalue weighted by molar-refractivity contribution is 5.83. The van der Waals surface area contributed by atoms with Crippen LogP contribution in [0.1, 0.15) is 50.5 Å². The van der Waals surface area contributed by atoms with E-state index in [0.29, 0.717) is 11.9 Å². The predicted molar refractivity (Wildman–Crippen MR) is 106 cm³/mol. The summed E-state index contributed by atoms with van der Waals surface area (Å²) in [5, 5.41) is 4.91. The van der Waals surface area contributed by atoms with Crippen molar-refractivity contribution in [1.29, 1.82) is 0 Å². The Morgan fingerprint density at radius 1 is 1.15 bits per heavy atom. The van der Waals surface area contributed by atoms with Gasteiger partial charge in [0, 0.05) is 49.2 Å². The summed E-state index contributed by atoms with van der Waals surface area (Å²) < 4.78 is 0. The number of para-hydroxylation sites is 1. The Balaban J connectivity index is 1.31. The number of nitrogens with zero attached hydrogens (tertiary/aromatic N) is 1. The fourth-order valence-corrected chi connectivity index (χ4v) is 4.72. The molecule has 4 heteroatoms. The number of nitrogens with one attached hydrogen (secondary N) is 2. The van der Waals surface area contributed by atoms with E-state index in [1.54, 1.807) is 0 Å². The number of fused-ring (bicyclic) bond motifs is 1. The highest BCUT2D eigenvalue weighted by Gasteiger charge is 2.24. The molecule has 4 rings (SSSR count). The lowest BCUT2D eigenvalue weighted by molar-refractivity contribution is -0.132. The molecule has 2 heterocycles. The molecular weight excluding hydrogens is 322 g/mol. The van der Waals surface area contributed by atoms with Crippen molar-refractivity contribution < 1.29 is 4.79 Å². The Bertz CT molecular complexity index is 732. The molecule has 2 fully saturated rings. The van der Waals surface area contributed by atoms with E-state index < -0.39 is 0 Å². The molecule has 140 valence electrons. The second kappa shape index (κ2) is 8.26. The van der Waals surface area contributed by atoms with Gasteiger partial charge in [-0.05, 0) is 30.4 Å². The first-order valence-electron chi connectivity index (χ1n) is 10.4. The number of H-pyrrole nitrogens is 1. The minimum Gasteiger partial charge on any atom is -0.361 e. The first-order valence-corrected chi connectivity index (χ1v) is 10.4. The van der Waals surface area contributed by atoms with Gasteiger partial charge in [0.1, 0.15) is 0 Å². The van der Waals surface area contributed by atoms with Crippen LogP contribution in [0.5, 0.6) is 0 Å². The number of hydrogen-bond donors (Lipinski definition) is 2. The molecule has 1 amide bonds. The van der Waals surface area contributed by atoms with Crippen LogP contribution in [0.4, 0.5) is 0 Å². The summed E-state index contributed by atoms with van der Waals surface area (Å²) in [4.78, 5) is 18.1. The molecule has 1 unspecified atom stereocenters. The molecule has 4 nitrogen and oxygen atoms in total. The van der Waals surface area contributed by atoms with Gasteiger partial charge in [0.25, 0.3) is 0 Å². The van der Waals surface area contributed by atoms with Crippen LogP contribution < -0.4 is 5.32 Å². The molecule has 1 aromatic carbocycles. The van der Waals surface area contributed by atoms with Crippen LogP contribution >= 0.6 is 0 Å². The topological polar surface area (TPSA) is 48.1 Å². The molecule has 1 aromatic heterocycles. The normalized spacial score (nSPS) is 22.0. The number of carbonyl (C=O) groups is 1. The summed E-state index contributed by atoms with van der Waals surface area (Å²) in [5.41, 5.74) is 2.54. The first-order chi connectivity index (χ1) is 12.8. The van der Waals surface area contributed by atoms with Gasteiger partial charge in [-0.25, -0.2) is 0 Å². The van der Waals surface area contributed by atoms with E-state index in [0.717, 1.165) is 44.8 Å². The summed E-state index contributed by atoms with van der Waals surface area (Å²) in [6.07, 6.45) is 11.7. The average Bonchev–Trinajstić information content (AvgIpc) is 3.10. The third kappa shape index (κ3) is 4.12. The van der Waals surface area contributed by atoms with Crippen molar-refractivity contribution in [2.45, 2.75) is 57.4 Å². The molecule has 0 bridgehead atoms. The van der Waals surface area contributed by atoms with E-state index in [-0.39, 0.29) is 0 Å². The van der Waals surface area contributed by atoms with Gasteiger partial charge in [0.15, 0.2) is 0 Å². The van der Waals surface area contributed by atoms with Gasteiger partial charge in [-0.2, -0.15) is 0 Å². The van der Waals surface area contributed by atoms with Crippen LogP contribution in [0.15, 0.2) is 30.5 Å². The van der Waals surface area contributed by atoms with Crippen molar-refractivity contribution in [3.63, 3.8) is 0 Å². The van der Waals surface area contributed by atoms with Crippen molar-refractivity contribution >= 4 is 16.8 Å². The number of amides is 1. The van der Waals surface area contributed by atoms with E-state index in [1.807, 2.05) is 0 Å². The molecular formula is C22H31N3O. The van der Waals surface area contributed by atoms with Gasteiger partial charge in [-0.15, -0.1) is 0 Å². The molecule has 2 aromatic rings. The Morgan fingerprint density at radius 3 is 2.88 bits per heavy atom. The third-order valence-corrected chi connectivity index (χ3v) is 6.24. The zero-order valence-corrected chi connectivity index (χ0v) is 15.7. The maximum absolute atomic E-state index is 12.7. The second-order valence-electron chi connectivity index (χ2n) is 8.10. The minimum absolute atomic E-state index is 0.349. The molecule has 0 radical (unpaired) electrons. The number of benzene rings is 1. The van der Waals surface area contributed by atoms with E-state index in [9.17, 15) is 4.79 Å². The highest BCUT2D eigenvalue weighted by atomic mass is 16.2. The van der Waals surface area contributed by atoms with E-state index in [1.165, 1.54) is 48.6 Å². The fraction of sp³-hybridized carbons (Fsp3) is 0.591. The van der Waals surface area contributed by atoms with Gasteiger partial charge >= 0.3 is 0 Å². The molecule has 1 saturated heterocycles. The highest BCUT2D eigenvalue weighted by Crippen LogP contribution is 2.27. The second-order valence-corrected chi connectivity index (χ2v) is 8.10. The summed E-state index contributed by atoms with van der Waals surface area (Å²) in [6, 6.07) is 8.80. The van der Waals surface area contributed by atoms with Crippen molar-refractivity contribution in [2.24, 2.45) is 5.92 Å². The SMILES string of the molecule is O=C(CCC1CCCCC1)N1CCNC(Cc2c[nH]c3ccccc23)C1. The Labute approximate surface area is 156 Å². The monoisotopic (exact) mass is 353 g/mol. The van der Waals surface area contributed by atoms with Gasteiger partial charge in [0.05, 0.1) is 0 Å². The number of carbonyl (C=O) groups excluding carboxylic acids is 1. The molecule has 2 N–H and O–H groups in total. The van der Waals surface area contributed by atoms with E-state index >= 15 is 0 Å². The van der Waals surface area contributed by atoms with Gasteiger partial charge < -0.3 is 15.2 Å². The molecule has 0 spiro atoms. The quantitative estimate of drug-likeness (QED) is 0.857. The Hall–Kier alpha value is -1.81. The summed E-state index contributed by atoms with van der Waals surface area (Å²) >= 11 is 0. The lowest BCUT2D eigenvalue weighted by Crippen LogP contribution is -2.53. The lowest BCUT2D eigenvalue weighted by atomic mass is 9.86. The van der Waals surface area contributed by atoms with Crippen LogP contribution in [0, 0.1) is 5.92 Å². The standard InChI is InChI=1S/C22H31N3O/c26-22(11-10-17-6-2-1-3-7-17)25-13-12-23-19(16-25)14-18-15-24-21-9-5-4-8-20(18)21/h4-5,8-9,15,17,19,23-24H,1-3,6-7,10-14,16H2. The molecule has 1 aliphatic heterocycles. The summed E-state index contributed by atoms with van der Waals surface area (Å²) in [7, 11) is 0. The number of rotatable bonds is 5. The van der Waals surface area contributed by atoms with Crippen LogP contribution in [0.3, 0.4) is 0 Å². The first kappa shape index (κ1) is 17.6. The summed E-state index contributed by atoms with van der Waals surface area (Å²) in [5.74, 6) is 1.15. The van der Waals surface area contributed by atoms with Crippen LogP contribution in [0.25, 0.3) is 10.9 Å². The number of aromatic nitrogens is 1. The van der Waals surface area contributed by atoms with Crippen molar-refractivity contribution in [2.75, 3.05) is 19.6 Å². The largest absolute Gasteiger partial charge is 0.361 e. The van der Waals surface area contributed by atoms with Crippen LogP contribution in [-0.4, -0.2) is 41.5 Å². The Kier molecular flexibility index (Phi) is 5.59. The fourth-order valence-electron chi connectivity index (χ4n) is 4.72. The van der Waals surface area contributed by atoms with Crippen molar-refractivity contribution in [3.8, 4) is 0 Å². The number of piperazine rings is 1. The van der Waals surface area contributed by atoms with Crippen LogP contribution in [0.2, 0.25) is 0 Å². The molecule has 26 heavy (non-hydrogen) atoms. The van der Waals surface area contributed by atoms with Crippen molar-refractivity contribution in [3.05, 3.63) is 36.0 Å².